The lowest BCUT2D eigenvalue weighted by atomic mass is 9.80. The average Bonchev–Trinajstić information content (AvgIpc) is 3.34. The van der Waals surface area contributed by atoms with Gasteiger partial charge in [-0.15, -0.1) is 0 Å². The van der Waals surface area contributed by atoms with E-state index in [-0.39, 0.29) is 24.5 Å². The highest BCUT2D eigenvalue weighted by Gasteiger charge is 2.48. The molecule has 1 aliphatic heterocycles. The van der Waals surface area contributed by atoms with Gasteiger partial charge in [0.2, 0.25) is 0 Å². The lowest BCUT2D eigenvalue weighted by Crippen LogP contribution is -2.45. The molecule has 1 saturated heterocycles. The number of likely N-dealkylation sites (tertiary alicyclic amines) is 1. The fourth-order valence-corrected chi connectivity index (χ4v) is 4.22. The largest absolute Gasteiger partial charge is 0.465 e. The lowest BCUT2D eigenvalue weighted by Gasteiger charge is -2.33. The SMILES string of the molecule is CCOC(=O)CN1CCC(OC(=O)C(O)(c2ccccc2)C2CCCC2)C1. The number of rotatable bonds is 7. The molecule has 2 unspecified atom stereocenters. The molecule has 0 amide bonds. The number of ether oxygens (including phenoxy) is 2. The van der Waals surface area contributed by atoms with Gasteiger partial charge in [-0.1, -0.05) is 43.2 Å². The number of carbonyl (C=O) groups is 2. The van der Waals surface area contributed by atoms with Crippen LogP contribution in [0.25, 0.3) is 0 Å². The first-order valence-electron chi connectivity index (χ1n) is 9.91. The quantitative estimate of drug-likeness (QED) is 0.737. The molecule has 0 bridgehead atoms. The van der Waals surface area contributed by atoms with Gasteiger partial charge in [0.15, 0.2) is 5.60 Å². The van der Waals surface area contributed by atoms with E-state index >= 15 is 0 Å². The number of hydrogen-bond donors (Lipinski definition) is 1. The molecule has 1 N–H and O–H groups in total. The Morgan fingerprint density at radius 2 is 1.89 bits per heavy atom. The normalized spacial score (nSPS) is 23.1. The van der Waals surface area contributed by atoms with E-state index in [4.69, 9.17) is 9.47 Å². The zero-order chi connectivity index (χ0) is 19.3. The summed E-state index contributed by atoms with van der Waals surface area (Å²) in [6.07, 6.45) is 4.01. The zero-order valence-corrected chi connectivity index (χ0v) is 15.9. The number of benzene rings is 1. The number of hydrogen-bond acceptors (Lipinski definition) is 6. The van der Waals surface area contributed by atoms with E-state index in [1.54, 1.807) is 19.1 Å². The molecule has 3 rings (SSSR count). The van der Waals surface area contributed by atoms with Gasteiger partial charge in [-0.05, 0) is 31.7 Å². The molecule has 0 radical (unpaired) electrons. The van der Waals surface area contributed by atoms with E-state index in [2.05, 4.69) is 0 Å². The maximum Gasteiger partial charge on any atom is 0.343 e. The van der Waals surface area contributed by atoms with E-state index in [1.807, 2.05) is 23.1 Å². The highest BCUT2D eigenvalue weighted by molar-refractivity contribution is 5.82. The van der Waals surface area contributed by atoms with Crippen LogP contribution in [0, 0.1) is 5.92 Å². The molecular formula is C21H29NO5. The smallest absolute Gasteiger partial charge is 0.343 e. The minimum absolute atomic E-state index is 0.121. The van der Waals surface area contributed by atoms with Crippen molar-refractivity contribution in [3.63, 3.8) is 0 Å². The molecule has 1 aromatic rings. The Labute approximate surface area is 160 Å². The van der Waals surface area contributed by atoms with E-state index < -0.39 is 11.6 Å². The lowest BCUT2D eigenvalue weighted by molar-refractivity contribution is -0.178. The van der Waals surface area contributed by atoms with Crippen molar-refractivity contribution in [2.45, 2.75) is 50.7 Å². The first kappa shape index (κ1) is 19.8. The predicted octanol–water partition coefficient (Wildman–Crippen LogP) is 2.24. The Hall–Kier alpha value is -1.92. The molecule has 2 aliphatic rings. The van der Waals surface area contributed by atoms with Crippen molar-refractivity contribution in [1.82, 2.24) is 4.90 Å². The Morgan fingerprint density at radius 1 is 1.19 bits per heavy atom. The second-order valence-corrected chi connectivity index (χ2v) is 7.47. The summed E-state index contributed by atoms with van der Waals surface area (Å²) >= 11 is 0. The Bertz CT molecular complexity index is 643. The fourth-order valence-electron chi connectivity index (χ4n) is 4.22. The molecular weight excluding hydrogens is 346 g/mol. The van der Waals surface area contributed by atoms with Crippen LogP contribution in [0.4, 0.5) is 0 Å². The number of esters is 2. The molecule has 6 nitrogen and oxygen atoms in total. The van der Waals surface area contributed by atoms with Crippen LogP contribution in [0.3, 0.4) is 0 Å². The van der Waals surface area contributed by atoms with Gasteiger partial charge in [-0.2, -0.15) is 0 Å². The summed E-state index contributed by atoms with van der Waals surface area (Å²) in [5.74, 6) is -0.954. The van der Waals surface area contributed by atoms with Crippen molar-refractivity contribution >= 4 is 11.9 Å². The van der Waals surface area contributed by atoms with Crippen LogP contribution in [0.5, 0.6) is 0 Å². The number of aliphatic hydroxyl groups is 1. The summed E-state index contributed by atoms with van der Waals surface area (Å²) in [4.78, 5) is 26.6. The molecule has 27 heavy (non-hydrogen) atoms. The standard InChI is InChI=1S/C21H29NO5/c1-2-26-19(23)15-22-13-12-18(14-22)27-20(24)21(25,17-10-6-7-11-17)16-8-4-3-5-9-16/h3-5,8-9,17-18,25H,2,6-7,10-15H2,1H3. The van der Waals surface area contributed by atoms with E-state index in [0.29, 0.717) is 31.7 Å². The number of carbonyl (C=O) groups excluding carboxylic acids is 2. The monoisotopic (exact) mass is 375 g/mol. The van der Waals surface area contributed by atoms with Crippen LogP contribution in [0.1, 0.15) is 44.6 Å². The molecule has 148 valence electrons. The zero-order valence-electron chi connectivity index (χ0n) is 15.9. The maximum absolute atomic E-state index is 13.1. The van der Waals surface area contributed by atoms with Gasteiger partial charge in [0.25, 0.3) is 0 Å². The second-order valence-electron chi connectivity index (χ2n) is 7.47. The summed E-state index contributed by atoms with van der Waals surface area (Å²) in [7, 11) is 0. The highest BCUT2D eigenvalue weighted by atomic mass is 16.6. The predicted molar refractivity (Wildman–Crippen MR) is 99.9 cm³/mol. The van der Waals surface area contributed by atoms with Gasteiger partial charge in [0, 0.05) is 19.0 Å². The van der Waals surface area contributed by atoms with Crippen molar-refractivity contribution < 1.29 is 24.2 Å². The van der Waals surface area contributed by atoms with Crippen LogP contribution in [-0.2, 0) is 24.7 Å². The highest BCUT2D eigenvalue weighted by Crippen LogP contribution is 2.41. The molecule has 0 aromatic heterocycles. The summed E-state index contributed by atoms with van der Waals surface area (Å²) in [5.41, 5.74) is -1.00. The van der Waals surface area contributed by atoms with Crippen molar-refractivity contribution in [3.8, 4) is 0 Å². The van der Waals surface area contributed by atoms with E-state index in [0.717, 1.165) is 25.7 Å². The van der Waals surface area contributed by atoms with E-state index in [1.165, 1.54) is 0 Å². The number of nitrogens with zero attached hydrogens (tertiary/aromatic N) is 1. The van der Waals surface area contributed by atoms with Crippen molar-refractivity contribution in [1.29, 1.82) is 0 Å². The minimum atomic E-state index is -1.60. The Morgan fingerprint density at radius 3 is 2.56 bits per heavy atom. The van der Waals surface area contributed by atoms with Crippen LogP contribution in [0.2, 0.25) is 0 Å². The third-order valence-electron chi connectivity index (χ3n) is 5.63. The molecule has 1 heterocycles. The fraction of sp³-hybridized carbons (Fsp3) is 0.619. The molecule has 2 fully saturated rings. The topological polar surface area (TPSA) is 76.1 Å². The average molecular weight is 375 g/mol. The summed E-state index contributed by atoms with van der Waals surface area (Å²) in [6, 6.07) is 9.12. The first-order valence-corrected chi connectivity index (χ1v) is 9.91. The van der Waals surface area contributed by atoms with Gasteiger partial charge < -0.3 is 14.6 Å². The van der Waals surface area contributed by atoms with Crippen molar-refractivity contribution in [3.05, 3.63) is 35.9 Å². The maximum atomic E-state index is 13.1. The van der Waals surface area contributed by atoms with Crippen molar-refractivity contribution in [2.24, 2.45) is 5.92 Å². The van der Waals surface area contributed by atoms with Crippen LogP contribution < -0.4 is 0 Å². The molecule has 2 atom stereocenters. The molecule has 1 saturated carbocycles. The Balaban J connectivity index is 1.66. The minimum Gasteiger partial charge on any atom is -0.465 e. The van der Waals surface area contributed by atoms with Crippen LogP contribution >= 0.6 is 0 Å². The third kappa shape index (κ3) is 4.50. The third-order valence-corrected chi connectivity index (χ3v) is 5.63. The summed E-state index contributed by atoms with van der Waals surface area (Å²) < 4.78 is 10.7. The van der Waals surface area contributed by atoms with E-state index in [9.17, 15) is 14.7 Å². The Kier molecular flexibility index (Phi) is 6.50. The first-order chi connectivity index (χ1) is 13.0. The van der Waals surface area contributed by atoms with Crippen molar-refractivity contribution in [2.75, 3.05) is 26.2 Å². The van der Waals surface area contributed by atoms with Gasteiger partial charge in [-0.25, -0.2) is 4.79 Å². The summed E-state index contributed by atoms with van der Waals surface area (Å²) in [6.45, 7) is 3.49. The van der Waals surface area contributed by atoms with Gasteiger partial charge >= 0.3 is 11.9 Å². The van der Waals surface area contributed by atoms with Crippen LogP contribution in [-0.4, -0.2) is 54.3 Å². The summed E-state index contributed by atoms with van der Waals surface area (Å²) in [5, 5.41) is 11.4. The van der Waals surface area contributed by atoms with Gasteiger partial charge in [-0.3, -0.25) is 9.69 Å². The van der Waals surface area contributed by atoms with Crippen LogP contribution in [0.15, 0.2) is 30.3 Å². The van der Waals surface area contributed by atoms with Gasteiger partial charge in [0.1, 0.15) is 6.10 Å². The molecule has 1 aromatic carbocycles. The molecule has 1 aliphatic carbocycles. The second kappa shape index (κ2) is 8.85. The van der Waals surface area contributed by atoms with Gasteiger partial charge in [0.05, 0.1) is 13.2 Å². The molecule has 6 heteroatoms. The molecule has 0 spiro atoms.